The van der Waals surface area contributed by atoms with Crippen molar-refractivity contribution in [2.24, 2.45) is 11.8 Å². The van der Waals surface area contributed by atoms with Gasteiger partial charge in [-0.1, -0.05) is 32.6 Å². The fourth-order valence-electron chi connectivity index (χ4n) is 2.71. The number of pyridine rings is 1. The zero-order valence-electron chi connectivity index (χ0n) is 11.6. The van der Waals surface area contributed by atoms with Crippen molar-refractivity contribution >= 4 is 11.7 Å². The van der Waals surface area contributed by atoms with E-state index >= 15 is 0 Å². The van der Waals surface area contributed by atoms with E-state index < -0.39 is 0 Å². The summed E-state index contributed by atoms with van der Waals surface area (Å²) in [6.45, 7) is 3.05. The Bertz CT molecular complexity index is 425. The lowest BCUT2D eigenvalue weighted by Crippen LogP contribution is -2.27. The molecular weight excluding hydrogens is 238 g/mol. The van der Waals surface area contributed by atoms with Gasteiger partial charge in [0, 0.05) is 12.7 Å². The largest absolute Gasteiger partial charge is 0.383 e. The average molecular weight is 261 g/mol. The van der Waals surface area contributed by atoms with Crippen molar-refractivity contribution in [3.8, 4) is 0 Å². The molecule has 4 heteroatoms. The molecule has 19 heavy (non-hydrogen) atoms. The van der Waals surface area contributed by atoms with Crippen LogP contribution in [0.5, 0.6) is 0 Å². The first-order chi connectivity index (χ1) is 9.16. The van der Waals surface area contributed by atoms with Crippen molar-refractivity contribution in [1.82, 2.24) is 10.3 Å². The number of hydrogen-bond donors (Lipinski definition) is 2. The van der Waals surface area contributed by atoms with Gasteiger partial charge in [-0.2, -0.15) is 0 Å². The third kappa shape index (κ3) is 3.94. The highest BCUT2D eigenvalue weighted by atomic mass is 16.1. The monoisotopic (exact) mass is 261 g/mol. The van der Waals surface area contributed by atoms with E-state index in [9.17, 15) is 4.79 Å². The van der Waals surface area contributed by atoms with Crippen molar-refractivity contribution in [3.63, 3.8) is 0 Å². The molecule has 1 aromatic rings. The van der Waals surface area contributed by atoms with E-state index in [4.69, 9.17) is 5.73 Å². The Morgan fingerprint density at radius 1 is 1.42 bits per heavy atom. The predicted molar refractivity (Wildman–Crippen MR) is 76.7 cm³/mol. The summed E-state index contributed by atoms with van der Waals surface area (Å²) >= 11 is 0. The average Bonchev–Trinajstić information content (AvgIpc) is 2.41. The van der Waals surface area contributed by atoms with Crippen LogP contribution < -0.4 is 11.1 Å². The number of nitrogen functional groups attached to an aromatic ring is 1. The highest BCUT2D eigenvalue weighted by Crippen LogP contribution is 2.29. The SMILES string of the molecule is CC1CCC(CCNC(=O)c2cccnc2N)CC1. The number of carbonyl (C=O) groups excluding carboxylic acids is 1. The van der Waals surface area contributed by atoms with Crippen LogP contribution in [0.3, 0.4) is 0 Å². The molecule has 1 aliphatic rings. The van der Waals surface area contributed by atoms with Gasteiger partial charge in [0.15, 0.2) is 0 Å². The number of anilines is 1. The number of rotatable bonds is 4. The van der Waals surface area contributed by atoms with Crippen LogP contribution in [-0.4, -0.2) is 17.4 Å². The number of carbonyl (C=O) groups is 1. The molecule has 0 spiro atoms. The fourth-order valence-corrected chi connectivity index (χ4v) is 2.71. The minimum absolute atomic E-state index is 0.116. The second-order valence-electron chi connectivity index (χ2n) is 5.61. The molecule has 1 saturated carbocycles. The molecule has 0 atom stereocenters. The molecule has 4 nitrogen and oxygen atoms in total. The lowest BCUT2D eigenvalue weighted by atomic mass is 9.81. The van der Waals surface area contributed by atoms with Gasteiger partial charge in [0.25, 0.3) is 5.91 Å². The molecule has 1 aromatic heterocycles. The molecule has 0 bridgehead atoms. The van der Waals surface area contributed by atoms with Crippen LogP contribution >= 0.6 is 0 Å². The summed E-state index contributed by atoms with van der Waals surface area (Å²) in [6.07, 6.45) is 7.91. The second-order valence-corrected chi connectivity index (χ2v) is 5.61. The van der Waals surface area contributed by atoms with Crippen molar-refractivity contribution in [3.05, 3.63) is 23.9 Å². The van der Waals surface area contributed by atoms with Crippen LogP contribution in [0, 0.1) is 11.8 Å². The van der Waals surface area contributed by atoms with E-state index in [2.05, 4.69) is 17.2 Å². The molecular formula is C15H23N3O. The summed E-state index contributed by atoms with van der Waals surface area (Å²) in [5, 5.41) is 2.94. The highest BCUT2D eigenvalue weighted by molar-refractivity contribution is 5.98. The number of aromatic nitrogens is 1. The lowest BCUT2D eigenvalue weighted by molar-refractivity contribution is 0.0950. The molecule has 0 aliphatic heterocycles. The summed E-state index contributed by atoms with van der Waals surface area (Å²) in [7, 11) is 0. The molecule has 1 aliphatic carbocycles. The summed E-state index contributed by atoms with van der Waals surface area (Å²) in [5.41, 5.74) is 6.15. The normalized spacial score (nSPS) is 23.0. The van der Waals surface area contributed by atoms with Gasteiger partial charge in [-0.3, -0.25) is 4.79 Å². The number of nitrogens with two attached hydrogens (primary N) is 1. The van der Waals surface area contributed by atoms with Gasteiger partial charge in [0.2, 0.25) is 0 Å². The molecule has 0 aromatic carbocycles. The van der Waals surface area contributed by atoms with Crippen molar-refractivity contribution in [2.75, 3.05) is 12.3 Å². The van der Waals surface area contributed by atoms with Gasteiger partial charge in [-0.25, -0.2) is 4.98 Å². The van der Waals surface area contributed by atoms with Crippen LogP contribution in [0.2, 0.25) is 0 Å². The first kappa shape index (κ1) is 13.8. The highest BCUT2D eigenvalue weighted by Gasteiger charge is 2.18. The minimum atomic E-state index is -0.116. The molecule has 1 amide bonds. The van der Waals surface area contributed by atoms with Crippen molar-refractivity contribution in [2.45, 2.75) is 39.0 Å². The summed E-state index contributed by atoms with van der Waals surface area (Å²) < 4.78 is 0. The van der Waals surface area contributed by atoms with Crippen molar-refractivity contribution < 1.29 is 4.79 Å². The zero-order valence-corrected chi connectivity index (χ0v) is 11.6. The Hall–Kier alpha value is -1.58. The van der Waals surface area contributed by atoms with Gasteiger partial charge in [0.05, 0.1) is 5.56 Å². The number of nitrogens with one attached hydrogen (secondary N) is 1. The van der Waals surface area contributed by atoms with Gasteiger partial charge in [-0.05, 0) is 30.4 Å². The smallest absolute Gasteiger partial charge is 0.255 e. The van der Waals surface area contributed by atoms with Crippen LogP contribution in [-0.2, 0) is 0 Å². The molecule has 0 unspecified atom stereocenters. The molecule has 0 saturated heterocycles. The van der Waals surface area contributed by atoms with E-state index in [-0.39, 0.29) is 5.91 Å². The molecule has 1 heterocycles. The molecule has 0 radical (unpaired) electrons. The van der Waals surface area contributed by atoms with E-state index in [1.807, 2.05) is 0 Å². The van der Waals surface area contributed by atoms with Gasteiger partial charge in [0.1, 0.15) is 5.82 Å². The van der Waals surface area contributed by atoms with Gasteiger partial charge < -0.3 is 11.1 Å². The van der Waals surface area contributed by atoms with Crippen LogP contribution in [0.25, 0.3) is 0 Å². The lowest BCUT2D eigenvalue weighted by Gasteiger charge is -2.26. The van der Waals surface area contributed by atoms with Gasteiger partial charge >= 0.3 is 0 Å². The first-order valence-electron chi connectivity index (χ1n) is 7.15. The van der Waals surface area contributed by atoms with Gasteiger partial charge in [-0.15, -0.1) is 0 Å². The predicted octanol–water partition coefficient (Wildman–Crippen LogP) is 2.61. The standard InChI is InChI=1S/C15H23N3O/c1-11-4-6-12(7-5-11)8-10-18-15(19)13-3-2-9-17-14(13)16/h2-3,9,11-12H,4-8,10H2,1H3,(H2,16,17)(H,18,19). The number of amides is 1. The Morgan fingerprint density at radius 2 is 2.16 bits per heavy atom. The summed E-state index contributed by atoms with van der Waals surface area (Å²) in [5.74, 6) is 1.82. The summed E-state index contributed by atoms with van der Waals surface area (Å²) in [6, 6.07) is 3.44. The van der Waals surface area contributed by atoms with E-state index in [0.717, 1.165) is 24.8 Å². The van der Waals surface area contributed by atoms with E-state index in [1.54, 1.807) is 18.3 Å². The van der Waals surface area contributed by atoms with Crippen LogP contribution in [0.4, 0.5) is 5.82 Å². The minimum Gasteiger partial charge on any atom is -0.383 e. The number of nitrogens with zero attached hydrogens (tertiary/aromatic N) is 1. The van der Waals surface area contributed by atoms with E-state index in [0.29, 0.717) is 11.4 Å². The third-order valence-corrected chi connectivity index (χ3v) is 4.06. The maximum atomic E-state index is 11.9. The maximum Gasteiger partial charge on any atom is 0.255 e. The Morgan fingerprint density at radius 3 is 2.84 bits per heavy atom. The quantitative estimate of drug-likeness (QED) is 0.875. The molecule has 104 valence electrons. The fraction of sp³-hybridized carbons (Fsp3) is 0.600. The molecule has 3 N–H and O–H groups in total. The Labute approximate surface area is 114 Å². The van der Waals surface area contributed by atoms with Crippen LogP contribution in [0.1, 0.15) is 49.4 Å². The van der Waals surface area contributed by atoms with E-state index in [1.165, 1.54) is 25.7 Å². The first-order valence-corrected chi connectivity index (χ1v) is 7.15. The topological polar surface area (TPSA) is 68.0 Å². The Balaban J connectivity index is 1.74. The molecule has 1 fully saturated rings. The number of hydrogen-bond acceptors (Lipinski definition) is 3. The van der Waals surface area contributed by atoms with Crippen LogP contribution in [0.15, 0.2) is 18.3 Å². The zero-order chi connectivity index (χ0) is 13.7. The maximum absolute atomic E-state index is 11.9. The Kier molecular flexibility index (Phi) is 4.77. The summed E-state index contributed by atoms with van der Waals surface area (Å²) in [4.78, 5) is 15.9. The molecule has 2 rings (SSSR count). The van der Waals surface area contributed by atoms with Crippen molar-refractivity contribution in [1.29, 1.82) is 0 Å². The second kappa shape index (κ2) is 6.55. The third-order valence-electron chi connectivity index (χ3n) is 4.06.